The molecule has 0 amide bonds. The van der Waals surface area contributed by atoms with Crippen molar-refractivity contribution < 1.29 is 0 Å². The molecule has 1 aromatic rings. The number of aromatic nitrogens is 1. The molecule has 1 aromatic heterocycles. The van der Waals surface area contributed by atoms with E-state index in [1.54, 1.807) is 0 Å². The van der Waals surface area contributed by atoms with E-state index in [4.69, 9.17) is 0 Å². The van der Waals surface area contributed by atoms with Crippen LogP contribution in [0.1, 0.15) is 6.92 Å². The third-order valence-corrected chi connectivity index (χ3v) is 3.05. The Morgan fingerprint density at radius 2 is 2.00 bits per heavy atom. The molecular formula is C7H9NS. The second kappa shape index (κ2) is 1.57. The van der Waals surface area contributed by atoms with E-state index in [1.165, 1.54) is 5.75 Å². The largest absolute Gasteiger partial charge is 0.339 e. The molecular weight excluding hydrogens is 130 g/mol. The Morgan fingerprint density at radius 3 is 2.44 bits per heavy atom. The van der Waals surface area contributed by atoms with Gasteiger partial charge in [0.25, 0.3) is 0 Å². The van der Waals surface area contributed by atoms with Crippen molar-refractivity contribution >= 4 is 11.8 Å². The molecule has 0 N–H and O–H groups in total. The summed E-state index contributed by atoms with van der Waals surface area (Å²) in [6.45, 7) is 2.26. The maximum absolute atomic E-state index is 2.26. The first-order chi connectivity index (χ1) is 4.31. The molecule has 1 fully saturated rings. The van der Waals surface area contributed by atoms with Gasteiger partial charge in [0.05, 0.1) is 4.87 Å². The number of rotatable bonds is 1. The smallest absolute Gasteiger partial charge is 0.0961 e. The minimum absolute atomic E-state index is 0.406. The van der Waals surface area contributed by atoms with Gasteiger partial charge in [-0.2, -0.15) is 0 Å². The quantitative estimate of drug-likeness (QED) is 0.538. The Bertz CT molecular complexity index is 199. The minimum atomic E-state index is 0.406. The fourth-order valence-electron chi connectivity index (χ4n) is 0.903. The van der Waals surface area contributed by atoms with E-state index in [0.717, 1.165) is 0 Å². The predicted octanol–water partition coefficient (Wildman–Crippen LogP) is 1.91. The average molecular weight is 139 g/mol. The number of hydrogen-bond donors (Lipinski definition) is 0. The summed E-state index contributed by atoms with van der Waals surface area (Å²) in [5.41, 5.74) is 0. The van der Waals surface area contributed by atoms with Crippen LogP contribution in [-0.4, -0.2) is 10.3 Å². The number of thioether (sulfide) groups is 1. The molecule has 2 rings (SSSR count). The zero-order valence-electron chi connectivity index (χ0n) is 5.37. The molecule has 0 aromatic carbocycles. The van der Waals surface area contributed by atoms with Gasteiger partial charge < -0.3 is 4.57 Å². The average Bonchev–Trinajstić information content (AvgIpc) is 2.46. The highest BCUT2D eigenvalue weighted by Crippen LogP contribution is 2.48. The van der Waals surface area contributed by atoms with Gasteiger partial charge >= 0.3 is 0 Å². The predicted molar refractivity (Wildman–Crippen MR) is 40.5 cm³/mol. The van der Waals surface area contributed by atoms with Gasteiger partial charge in [-0.25, -0.2) is 0 Å². The van der Waals surface area contributed by atoms with Crippen molar-refractivity contribution in [3.8, 4) is 0 Å². The van der Waals surface area contributed by atoms with E-state index in [9.17, 15) is 0 Å². The van der Waals surface area contributed by atoms with Crippen LogP contribution in [0.15, 0.2) is 24.5 Å². The molecule has 2 heterocycles. The zero-order valence-corrected chi connectivity index (χ0v) is 6.19. The van der Waals surface area contributed by atoms with E-state index in [2.05, 4.69) is 36.0 Å². The summed E-state index contributed by atoms with van der Waals surface area (Å²) in [5, 5.41) is 0. The lowest BCUT2D eigenvalue weighted by Crippen LogP contribution is -2.08. The van der Waals surface area contributed by atoms with Gasteiger partial charge in [-0.1, -0.05) is 0 Å². The van der Waals surface area contributed by atoms with Crippen LogP contribution in [-0.2, 0) is 4.87 Å². The maximum Gasteiger partial charge on any atom is 0.0961 e. The second-order valence-corrected chi connectivity index (χ2v) is 4.01. The van der Waals surface area contributed by atoms with Crippen LogP contribution < -0.4 is 0 Å². The Morgan fingerprint density at radius 1 is 1.44 bits per heavy atom. The van der Waals surface area contributed by atoms with Crippen molar-refractivity contribution in [1.29, 1.82) is 0 Å². The van der Waals surface area contributed by atoms with Crippen molar-refractivity contribution in [3.63, 3.8) is 0 Å². The Hall–Kier alpha value is -0.370. The zero-order chi connectivity index (χ0) is 6.32. The van der Waals surface area contributed by atoms with Gasteiger partial charge in [0.15, 0.2) is 0 Å². The molecule has 0 aliphatic carbocycles. The number of hydrogen-bond acceptors (Lipinski definition) is 1. The van der Waals surface area contributed by atoms with Gasteiger partial charge in [-0.3, -0.25) is 0 Å². The lowest BCUT2D eigenvalue weighted by Gasteiger charge is -2.06. The van der Waals surface area contributed by atoms with E-state index in [0.29, 0.717) is 4.87 Å². The summed E-state index contributed by atoms with van der Waals surface area (Å²) in [6, 6.07) is 4.15. The highest BCUT2D eigenvalue weighted by molar-refractivity contribution is 8.07. The van der Waals surface area contributed by atoms with Crippen molar-refractivity contribution in [2.24, 2.45) is 0 Å². The monoisotopic (exact) mass is 139 g/mol. The third-order valence-electron chi connectivity index (χ3n) is 1.71. The van der Waals surface area contributed by atoms with E-state index in [1.807, 2.05) is 11.8 Å². The molecule has 0 bridgehead atoms. The molecule has 48 valence electrons. The molecule has 1 unspecified atom stereocenters. The molecule has 9 heavy (non-hydrogen) atoms. The SMILES string of the molecule is CC1(n2cccc2)CS1. The number of nitrogens with zero attached hydrogens (tertiary/aromatic N) is 1. The van der Waals surface area contributed by atoms with Gasteiger partial charge in [0.2, 0.25) is 0 Å². The fourth-order valence-corrected chi connectivity index (χ4v) is 1.53. The van der Waals surface area contributed by atoms with Crippen molar-refractivity contribution in [2.75, 3.05) is 5.75 Å². The Labute approximate surface area is 59.1 Å². The lowest BCUT2D eigenvalue weighted by atomic mass is 10.4. The van der Waals surface area contributed by atoms with Gasteiger partial charge in [-0.15, -0.1) is 11.8 Å². The molecule has 1 aliphatic heterocycles. The molecule has 1 atom stereocenters. The molecule has 0 saturated carbocycles. The van der Waals surface area contributed by atoms with Crippen molar-refractivity contribution in [3.05, 3.63) is 24.5 Å². The van der Waals surface area contributed by atoms with E-state index < -0.39 is 0 Å². The highest BCUT2D eigenvalue weighted by atomic mass is 32.2. The summed E-state index contributed by atoms with van der Waals surface area (Å²) in [5.74, 6) is 1.27. The summed E-state index contributed by atoms with van der Waals surface area (Å²) in [6.07, 6.45) is 4.25. The summed E-state index contributed by atoms with van der Waals surface area (Å²) in [4.78, 5) is 0.406. The molecule has 1 saturated heterocycles. The lowest BCUT2D eigenvalue weighted by molar-refractivity contribution is 0.608. The van der Waals surface area contributed by atoms with E-state index in [-0.39, 0.29) is 0 Å². The van der Waals surface area contributed by atoms with E-state index >= 15 is 0 Å². The normalized spacial score (nSPS) is 32.6. The summed E-state index contributed by atoms with van der Waals surface area (Å²) >= 11 is 1.99. The fraction of sp³-hybridized carbons (Fsp3) is 0.429. The van der Waals surface area contributed by atoms with Gasteiger partial charge in [-0.05, 0) is 19.1 Å². The molecule has 0 spiro atoms. The molecule has 1 nitrogen and oxygen atoms in total. The minimum Gasteiger partial charge on any atom is -0.339 e. The standard InChI is InChI=1S/C7H9NS/c1-7(6-9-7)8-4-2-3-5-8/h2-5H,6H2,1H3. The Balaban J connectivity index is 2.34. The third kappa shape index (κ3) is 0.778. The van der Waals surface area contributed by atoms with Crippen LogP contribution in [0.2, 0.25) is 0 Å². The van der Waals surface area contributed by atoms with Gasteiger partial charge in [0, 0.05) is 18.1 Å². The summed E-state index contributed by atoms with van der Waals surface area (Å²) < 4.78 is 2.26. The first-order valence-corrected chi connectivity index (χ1v) is 4.07. The molecule has 1 aliphatic rings. The molecule has 2 heteroatoms. The van der Waals surface area contributed by atoms with Crippen LogP contribution in [0.4, 0.5) is 0 Å². The molecule has 0 radical (unpaired) electrons. The van der Waals surface area contributed by atoms with Gasteiger partial charge in [0.1, 0.15) is 0 Å². The van der Waals surface area contributed by atoms with Crippen LogP contribution in [0.5, 0.6) is 0 Å². The van der Waals surface area contributed by atoms with Crippen LogP contribution in [0, 0.1) is 0 Å². The highest BCUT2D eigenvalue weighted by Gasteiger charge is 2.39. The topological polar surface area (TPSA) is 4.93 Å². The first kappa shape index (κ1) is 5.42. The van der Waals surface area contributed by atoms with Crippen LogP contribution >= 0.6 is 11.8 Å². The van der Waals surface area contributed by atoms with Crippen molar-refractivity contribution in [2.45, 2.75) is 11.8 Å². The summed E-state index contributed by atoms with van der Waals surface area (Å²) in [7, 11) is 0. The van der Waals surface area contributed by atoms with Crippen molar-refractivity contribution in [1.82, 2.24) is 4.57 Å². The maximum atomic E-state index is 2.26. The second-order valence-electron chi connectivity index (χ2n) is 2.55. The first-order valence-electron chi connectivity index (χ1n) is 3.09. The Kier molecular flexibility index (Phi) is 0.943. The van der Waals surface area contributed by atoms with Crippen LogP contribution in [0.25, 0.3) is 0 Å². The van der Waals surface area contributed by atoms with Crippen LogP contribution in [0.3, 0.4) is 0 Å².